The standard InChI is InChI=1S/C17H21NO/c1-14-7-6-10-16(13-14)18(2)12-11-17(19)15-8-4-3-5-9-15/h3-10,13,17,19H,11-12H2,1-2H3. The monoisotopic (exact) mass is 255 g/mol. The van der Waals surface area contributed by atoms with Gasteiger partial charge in [-0.3, -0.25) is 0 Å². The molecule has 0 aromatic heterocycles. The van der Waals surface area contributed by atoms with Crippen LogP contribution < -0.4 is 4.90 Å². The molecule has 2 aromatic carbocycles. The van der Waals surface area contributed by atoms with Gasteiger partial charge in [-0.15, -0.1) is 0 Å². The topological polar surface area (TPSA) is 23.5 Å². The van der Waals surface area contributed by atoms with Gasteiger partial charge in [0.2, 0.25) is 0 Å². The van der Waals surface area contributed by atoms with Gasteiger partial charge in [0.05, 0.1) is 6.10 Å². The third-order valence-corrected chi connectivity index (χ3v) is 3.36. The zero-order valence-electron chi connectivity index (χ0n) is 11.6. The molecular weight excluding hydrogens is 234 g/mol. The lowest BCUT2D eigenvalue weighted by Gasteiger charge is -2.21. The van der Waals surface area contributed by atoms with Gasteiger partial charge in [0.1, 0.15) is 0 Å². The van der Waals surface area contributed by atoms with E-state index < -0.39 is 6.10 Å². The Morgan fingerprint density at radius 2 is 1.79 bits per heavy atom. The van der Waals surface area contributed by atoms with Gasteiger partial charge < -0.3 is 10.0 Å². The van der Waals surface area contributed by atoms with Crippen LogP contribution in [0.1, 0.15) is 23.7 Å². The van der Waals surface area contributed by atoms with Crippen LogP contribution in [0.25, 0.3) is 0 Å². The summed E-state index contributed by atoms with van der Waals surface area (Å²) in [6.45, 7) is 2.93. The summed E-state index contributed by atoms with van der Waals surface area (Å²) in [5.74, 6) is 0. The van der Waals surface area contributed by atoms with Gasteiger partial charge in [0.25, 0.3) is 0 Å². The smallest absolute Gasteiger partial charge is 0.0806 e. The van der Waals surface area contributed by atoms with Crippen LogP contribution in [0.5, 0.6) is 0 Å². The molecule has 0 aliphatic carbocycles. The maximum atomic E-state index is 10.1. The minimum Gasteiger partial charge on any atom is -0.388 e. The summed E-state index contributed by atoms with van der Waals surface area (Å²) in [5.41, 5.74) is 3.44. The quantitative estimate of drug-likeness (QED) is 0.883. The van der Waals surface area contributed by atoms with E-state index in [1.54, 1.807) is 0 Å². The second kappa shape index (κ2) is 6.39. The summed E-state index contributed by atoms with van der Waals surface area (Å²) in [7, 11) is 2.06. The molecule has 0 spiro atoms. The van der Waals surface area contributed by atoms with Crippen LogP contribution >= 0.6 is 0 Å². The lowest BCUT2D eigenvalue weighted by Crippen LogP contribution is -2.20. The number of aliphatic hydroxyl groups is 1. The Bertz CT molecular complexity index is 510. The van der Waals surface area contributed by atoms with Crippen LogP contribution in [0.4, 0.5) is 5.69 Å². The fraction of sp³-hybridized carbons (Fsp3) is 0.294. The first kappa shape index (κ1) is 13.6. The van der Waals surface area contributed by atoms with E-state index in [4.69, 9.17) is 0 Å². The Hall–Kier alpha value is -1.80. The van der Waals surface area contributed by atoms with Gasteiger partial charge in [-0.1, -0.05) is 42.5 Å². The number of hydrogen-bond acceptors (Lipinski definition) is 2. The molecule has 0 fully saturated rings. The van der Waals surface area contributed by atoms with Crippen molar-refractivity contribution in [2.75, 3.05) is 18.5 Å². The van der Waals surface area contributed by atoms with Crippen molar-refractivity contribution in [3.63, 3.8) is 0 Å². The number of hydrogen-bond donors (Lipinski definition) is 1. The van der Waals surface area contributed by atoms with Crippen LogP contribution in [0.3, 0.4) is 0 Å². The highest BCUT2D eigenvalue weighted by Gasteiger charge is 2.08. The molecule has 1 atom stereocenters. The second-order valence-electron chi connectivity index (χ2n) is 4.98. The fourth-order valence-corrected chi connectivity index (χ4v) is 2.15. The molecule has 0 saturated carbocycles. The first-order valence-electron chi connectivity index (χ1n) is 6.67. The molecule has 0 radical (unpaired) electrons. The maximum Gasteiger partial charge on any atom is 0.0806 e. The second-order valence-corrected chi connectivity index (χ2v) is 4.98. The Morgan fingerprint density at radius 1 is 1.05 bits per heavy atom. The normalized spacial score (nSPS) is 12.2. The predicted octanol–water partition coefficient (Wildman–Crippen LogP) is 3.55. The van der Waals surface area contributed by atoms with E-state index in [-0.39, 0.29) is 0 Å². The van der Waals surface area contributed by atoms with Crippen molar-refractivity contribution in [2.24, 2.45) is 0 Å². The van der Waals surface area contributed by atoms with Crippen molar-refractivity contribution in [2.45, 2.75) is 19.4 Å². The molecular formula is C17H21NO. The molecule has 2 aromatic rings. The first-order chi connectivity index (χ1) is 9.16. The predicted molar refractivity (Wildman–Crippen MR) is 80.5 cm³/mol. The number of nitrogens with zero attached hydrogens (tertiary/aromatic N) is 1. The van der Waals surface area contributed by atoms with Crippen LogP contribution in [0, 0.1) is 6.92 Å². The lowest BCUT2D eigenvalue weighted by atomic mass is 10.1. The van der Waals surface area contributed by atoms with Crippen molar-refractivity contribution < 1.29 is 5.11 Å². The highest BCUT2D eigenvalue weighted by atomic mass is 16.3. The molecule has 0 bridgehead atoms. The lowest BCUT2D eigenvalue weighted by molar-refractivity contribution is 0.170. The zero-order valence-corrected chi connectivity index (χ0v) is 11.6. The Morgan fingerprint density at radius 3 is 2.47 bits per heavy atom. The zero-order chi connectivity index (χ0) is 13.7. The summed E-state index contributed by atoms with van der Waals surface area (Å²) in [6, 6.07) is 18.2. The van der Waals surface area contributed by atoms with Crippen molar-refractivity contribution in [1.82, 2.24) is 0 Å². The van der Waals surface area contributed by atoms with Gasteiger partial charge >= 0.3 is 0 Å². The third-order valence-electron chi connectivity index (χ3n) is 3.36. The molecule has 0 saturated heterocycles. The van der Waals surface area contributed by atoms with Gasteiger partial charge in [-0.05, 0) is 36.6 Å². The summed E-state index contributed by atoms with van der Waals surface area (Å²) in [5, 5.41) is 10.1. The van der Waals surface area contributed by atoms with E-state index in [1.807, 2.05) is 30.3 Å². The van der Waals surface area contributed by atoms with E-state index >= 15 is 0 Å². The molecule has 1 unspecified atom stereocenters. The average molecular weight is 255 g/mol. The molecule has 0 heterocycles. The maximum absolute atomic E-state index is 10.1. The highest BCUT2D eigenvalue weighted by Crippen LogP contribution is 2.19. The highest BCUT2D eigenvalue weighted by molar-refractivity contribution is 5.47. The molecule has 0 aliphatic heterocycles. The fourth-order valence-electron chi connectivity index (χ4n) is 2.15. The molecule has 2 heteroatoms. The Labute approximate surface area is 115 Å². The summed E-state index contributed by atoms with van der Waals surface area (Å²) in [4.78, 5) is 2.18. The first-order valence-corrected chi connectivity index (χ1v) is 6.67. The molecule has 0 aliphatic rings. The summed E-state index contributed by atoms with van der Waals surface area (Å²) >= 11 is 0. The van der Waals surface area contributed by atoms with E-state index in [9.17, 15) is 5.11 Å². The van der Waals surface area contributed by atoms with E-state index in [2.05, 4.69) is 43.1 Å². The molecule has 2 rings (SSSR count). The average Bonchev–Trinajstić information content (AvgIpc) is 2.45. The minimum absolute atomic E-state index is 0.395. The van der Waals surface area contributed by atoms with Gasteiger partial charge in [0, 0.05) is 19.3 Å². The summed E-state index contributed by atoms with van der Waals surface area (Å²) < 4.78 is 0. The molecule has 100 valence electrons. The Balaban J connectivity index is 1.92. The number of rotatable bonds is 5. The third kappa shape index (κ3) is 3.83. The van der Waals surface area contributed by atoms with Crippen LogP contribution in [-0.2, 0) is 0 Å². The largest absolute Gasteiger partial charge is 0.388 e. The molecule has 0 amide bonds. The number of aryl methyl sites for hydroxylation is 1. The summed E-state index contributed by atoms with van der Waals surface area (Å²) in [6.07, 6.45) is 0.336. The van der Waals surface area contributed by atoms with Gasteiger partial charge in [-0.2, -0.15) is 0 Å². The van der Waals surface area contributed by atoms with E-state index in [1.165, 1.54) is 11.3 Å². The molecule has 19 heavy (non-hydrogen) atoms. The van der Waals surface area contributed by atoms with Gasteiger partial charge in [-0.25, -0.2) is 0 Å². The van der Waals surface area contributed by atoms with Crippen molar-refractivity contribution >= 4 is 5.69 Å². The van der Waals surface area contributed by atoms with Crippen LogP contribution in [0.15, 0.2) is 54.6 Å². The van der Waals surface area contributed by atoms with Crippen LogP contribution in [-0.4, -0.2) is 18.7 Å². The van der Waals surface area contributed by atoms with Crippen molar-refractivity contribution in [3.8, 4) is 0 Å². The molecule has 1 N–H and O–H groups in total. The minimum atomic E-state index is -0.395. The van der Waals surface area contributed by atoms with Gasteiger partial charge in [0.15, 0.2) is 0 Å². The SMILES string of the molecule is Cc1cccc(N(C)CCC(O)c2ccccc2)c1. The number of benzene rings is 2. The molecule has 2 nitrogen and oxygen atoms in total. The van der Waals surface area contributed by atoms with Crippen LogP contribution in [0.2, 0.25) is 0 Å². The number of anilines is 1. The van der Waals surface area contributed by atoms with E-state index in [0.717, 1.165) is 18.5 Å². The Kier molecular flexibility index (Phi) is 4.58. The number of aliphatic hydroxyl groups excluding tert-OH is 1. The van der Waals surface area contributed by atoms with E-state index in [0.29, 0.717) is 0 Å². The van der Waals surface area contributed by atoms with Crippen molar-refractivity contribution in [3.05, 3.63) is 65.7 Å². The van der Waals surface area contributed by atoms with Crippen molar-refractivity contribution in [1.29, 1.82) is 0 Å².